The molecule has 0 unspecified atom stereocenters. The van der Waals surface area contributed by atoms with Crippen molar-refractivity contribution in [2.24, 2.45) is 0 Å². The topological polar surface area (TPSA) is 14.8 Å². The molecule has 11 rings (SSSR count). The summed E-state index contributed by atoms with van der Waals surface area (Å²) in [6.45, 7) is 0. The average molecular weight is 670 g/mol. The Labute approximate surface area is 322 Å². The van der Waals surface area contributed by atoms with Crippen LogP contribution in [0.2, 0.25) is 0 Å². The normalized spacial score (nSPS) is 17.4. The molecule has 0 fully saturated rings. The Balaban J connectivity index is 1.24. The van der Waals surface area contributed by atoms with Gasteiger partial charge in [0.2, 0.25) is 0 Å². The van der Waals surface area contributed by atoms with Crippen LogP contribution >= 0.6 is 0 Å². The van der Waals surface area contributed by atoms with Crippen LogP contribution in [0, 0.1) is 0 Å². The highest BCUT2D eigenvalue weighted by Gasteiger charge is 2.18. The standard InChI is InChI=1S/C48H31N3/c1-2-13-32(14-3-1)33-15-12-16-34(29-33)49-45-23-10-6-19-39(45)41-31-36(26-27-47(41)49)51-46-24-11-7-20-40(46)42-30-35(25-28-48(42)51)50-43-21-8-4-17-37(43)38-18-5-9-22-44(38)50/h1-31H/i1D,2D,3D,4D,5D,6D,8D,9D,10D,13D,14D,17D,18D,19D,21D,22D,23D,26D,27D,31D. The molecule has 0 saturated carbocycles. The molecule has 0 bridgehead atoms. The van der Waals surface area contributed by atoms with E-state index >= 15 is 0 Å². The van der Waals surface area contributed by atoms with Gasteiger partial charge in [0.05, 0.1) is 60.5 Å². The van der Waals surface area contributed by atoms with E-state index in [4.69, 9.17) is 20.6 Å². The number of para-hydroxylation sites is 4. The Kier molecular flexibility index (Phi) is 3.18. The molecule has 3 heteroatoms. The Morgan fingerprint density at radius 1 is 0.314 bits per heavy atom. The Bertz CT molecular complexity index is 4190. The summed E-state index contributed by atoms with van der Waals surface area (Å²) in [4.78, 5) is 0. The second-order valence-corrected chi connectivity index (χ2v) is 11.9. The van der Waals surface area contributed by atoms with Crippen molar-refractivity contribution in [1.82, 2.24) is 13.7 Å². The molecule has 8 aromatic carbocycles. The molecule has 3 aromatic heterocycles. The summed E-state index contributed by atoms with van der Waals surface area (Å²) < 4.78 is 181. The van der Waals surface area contributed by atoms with Gasteiger partial charge in [-0.15, -0.1) is 0 Å². The summed E-state index contributed by atoms with van der Waals surface area (Å²) in [6, 6.07) is 7.15. The summed E-state index contributed by atoms with van der Waals surface area (Å²) in [5.41, 5.74) is 0.613. The van der Waals surface area contributed by atoms with Gasteiger partial charge in [-0.3, -0.25) is 0 Å². The van der Waals surface area contributed by atoms with Crippen molar-refractivity contribution in [1.29, 1.82) is 0 Å². The van der Waals surface area contributed by atoms with Gasteiger partial charge in [0.15, 0.2) is 0 Å². The lowest BCUT2D eigenvalue weighted by Crippen LogP contribution is -1.97. The van der Waals surface area contributed by atoms with E-state index < -0.39 is 121 Å². The van der Waals surface area contributed by atoms with Crippen LogP contribution in [0.5, 0.6) is 0 Å². The molecule has 0 atom stereocenters. The minimum atomic E-state index is -0.624. The van der Waals surface area contributed by atoms with Crippen LogP contribution in [0.15, 0.2) is 188 Å². The molecule has 0 radical (unpaired) electrons. The van der Waals surface area contributed by atoms with Crippen molar-refractivity contribution in [3.63, 3.8) is 0 Å². The van der Waals surface area contributed by atoms with E-state index in [1.165, 1.54) is 33.4 Å². The molecule has 0 saturated heterocycles. The fourth-order valence-corrected chi connectivity index (χ4v) is 7.09. The molecule has 0 N–H and O–H groups in total. The summed E-state index contributed by atoms with van der Waals surface area (Å²) in [5, 5.41) is 0.567. The van der Waals surface area contributed by atoms with Crippen molar-refractivity contribution in [3.8, 4) is 28.2 Å². The third-order valence-electron chi connectivity index (χ3n) is 9.21. The number of rotatable bonds is 4. The minimum Gasteiger partial charge on any atom is -0.309 e. The first-order valence-electron chi connectivity index (χ1n) is 25.9. The van der Waals surface area contributed by atoms with Crippen molar-refractivity contribution in [2.75, 3.05) is 0 Å². The van der Waals surface area contributed by atoms with Gasteiger partial charge < -0.3 is 13.7 Å². The number of hydrogen-bond acceptors (Lipinski definition) is 0. The molecule has 3 nitrogen and oxygen atoms in total. The average Bonchev–Trinajstić information content (AvgIpc) is 4.03. The fourth-order valence-electron chi connectivity index (χ4n) is 7.09. The predicted molar refractivity (Wildman–Crippen MR) is 215 cm³/mol. The zero-order valence-corrected chi connectivity index (χ0v) is 26.2. The maximum atomic E-state index is 10.0. The number of benzene rings is 8. The second-order valence-electron chi connectivity index (χ2n) is 11.9. The first kappa shape index (κ1) is 15.0. The largest absolute Gasteiger partial charge is 0.309 e. The molecule has 0 aliphatic heterocycles. The van der Waals surface area contributed by atoms with Gasteiger partial charge >= 0.3 is 0 Å². The van der Waals surface area contributed by atoms with Crippen molar-refractivity contribution in [2.45, 2.75) is 0 Å². The van der Waals surface area contributed by atoms with Gasteiger partial charge in [-0.25, -0.2) is 0 Å². The predicted octanol–water partition coefficient (Wildman–Crippen LogP) is 12.6. The fraction of sp³-hybridized carbons (Fsp3) is 0. The maximum absolute atomic E-state index is 10.0. The van der Waals surface area contributed by atoms with Crippen LogP contribution in [-0.2, 0) is 0 Å². The molecule has 11 aromatic rings. The first-order chi connectivity index (χ1) is 33.6. The highest BCUT2D eigenvalue weighted by molar-refractivity contribution is 6.14. The molecular weight excluding hydrogens is 619 g/mol. The summed E-state index contributed by atoms with van der Waals surface area (Å²) in [6.07, 6.45) is 0. The van der Waals surface area contributed by atoms with E-state index in [1.807, 2.05) is 0 Å². The van der Waals surface area contributed by atoms with Crippen LogP contribution < -0.4 is 0 Å². The van der Waals surface area contributed by atoms with E-state index in [2.05, 4.69) is 0 Å². The van der Waals surface area contributed by atoms with E-state index in [1.54, 1.807) is 47.0 Å². The van der Waals surface area contributed by atoms with E-state index in [9.17, 15) is 6.85 Å². The highest BCUT2D eigenvalue weighted by atomic mass is 15.0. The molecule has 0 aliphatic carbocycles. The van der Waals surface area contributed by atoms with Crippen molar-refractivity contribution < 1.29 is 27.4 Å². The zero-order chi connectivity index (χ0) is 50.9. The van der Waals surface area contributed by atoms with E-state index in [-0.39, 0.29) is 71.8 Å². The van der Waals surface area contributed by atoms with Gasteiger partial charge in [-0.2, -0.15) is 0 Å². The lowest BCUT2D eigenvalue weighted by molar-refractivity contribution is 1.16. The van der Waals surface area contributed by atoms with Crippen LogP contribution in [0.25, 0.3) is 93.6 Å². The van der Waals surface area contributed by atoms with Gasteiger partial charge in [0.1, 0.15) is 0 Å². The molecule has 0 spiro atoms. The van der Waals surface area contributed by atoms with Crippen molar-refractivity contribution in [3.05, 3.63) is 188 Å². The Morgan fingerprint density at radius 2 is 0.882 bits per heavy atom. The number of hydrogen-bond donors (Lipinski definition) is 0. The quantitative estimate of drug-likeness (QED) is 0.177. The van der Waals surface area contributed by atoms with Crippen molar-refractivity contribution >= 4 is 65.4 Å². The summed E-state index contributed by atoms with van der Waals surface area (Å²) >= 11 is 0. The van der Waals surface area contributed by atoms with E-state index in [0.29, 0.717) is 21.8 Å². The third-order valence-corrected chi connectivity index (χ3v) is 9.21. The number of nitrogens with zero attached hydrogens (tertiary/aromatic N) is 3. The summed E-state index contributed by atoms with van der Waals surface area (Å²) in [5.74, 6) is 0. The van der Waals surface area contributed by atoms with Gasteiger partial charge in [-0.05, 0) is 83.8 Å². The minimum absolute atomic E-state index is 0.0907. The smallest absolute Gasteiger partial charge is 0.0652 e. The van der Waals surface area contributed by atoms with E-state index in [0.717, 1.165) is 0 Å². The van der Waals surface area contributed by atoms with Crippen LogP contribution in [0.1, 0.15) is 27.4 Å². The van der Waals surface area contributed by atoms with Gasteiger partial charge in [0, 0.05) is 49.4 Å². The maximum Gasteiger partial charge on any atom is 0.0652 e. The Morgan fingerprint density at radius 3 is 1.61 bits per heavy atom. The second kappa shape index (κ2) is 10.8. The molecular formula is C48H31N3. The first-order valence-corrected chi connectivity index (χ1v) is 15.9. The van der Waals surface area contributed by atoms with Crippen LogP contribution in [-0.4, -0.2) is 13.7 Å². The molecule has 3 heterocycles. The monoisotopic (exact) mass is 669 g/mol. The van der Waals surface area contributed by atoms with Crippen LogP contribution in [0.4, 0.5) is 0 Å². The lowest BCUT2D eigenvalue weighted by Gasteiger charge is -2.12. The number of fused-ring (bicyclic) bond motifs is 9. The summed E-state index contributed by atoms with van der Waals surface area (Å²) in [7, 11) is 0. The molecule has 238 valence electrons. The zero-order valence-electron chi connectivity index (χ0n) is 46.2. The molecule has 0 aliphatic rings. The lowest BCUT2D eigenvalue weighted by atomic mass is 10.1. The highest BCUT2D eigenvalue weighted by Crippen LogP contribution is 2.39. The Hall–Kier alpha value is -6.84. The third kappa shape index (κ3) is 4.12. The van der Waals surface area contributed by atoms with Gasteiger partial charge in [0.25, 0.3) is 0 Å². The molecule has 51 heavy (non-hydrogen) atoms. The SMILES string of the molecule is [2H]c1c([2H])c([2H])c(-c2cccc(-n3c4c([2H])c([2H])c([2H])c([2H])c4c4c([2H])c(-n5c6ccccc6c6cc(-n7c8c([2H])c([2H])c([2H])c([2H])c8c8c([2H])c([2H])c([2H])c([2H])c87)ccc65)c([2H])c([2H])c43)c2)c([2H])c1[2H]. The van der Waals surface area contributed by atoms with Gasteiger partial charge in [-0.1, -0.05) is 115 Å². The number of aromatic nitrogens is 3. The van der Waals surface area contributed by atoms with Crippen LogP contribution in [0.3, 0.4) is 0 Å². The molecule has 0 amide bonds.